The Morgan fingerprint density at radius 1 is 0.904 bits per heavy atom. The lowest BCUT2D eigenvalue weighted by molar-refractivity contribution is -0.366. The third kappa shape index (κ3) is 10.7. The van der Waals surface area contributed by atoms with Crippen LogP contribution in [0.5, 0.6) is 0 Å². The van der Waals surface area contributed by atoms with Crippen molar-refractivity contribution in [2.75, 3.05) is 33.9 Å². The largest absolute Gasteiger partial charge is 0.456 e. The maximum atomic E-state index is 15.6. The molecule has 16 nitrogen and oxygen atoms in total. The van der Waals surface area contributed by atoms with Gasteiger partial charge in [0, 0.05) is 37.1 Å². The van der Waals surface area contributed by atoms with Crippen LogP contribution in [0.2, 0.25) is 18.1 Å². The van der Waals surface area contributed by atoms with Crippen molar-refractivity contribution in [3.8, 4) is 0 Å². The van der Waals surface area contributed by atoms with Gasteiger partial charge in [0.15, 0.2) is 25.8 Å². The summed E-state index contributed by atoms with van der Waals surface area (Å²) in [4.78, 5) is 59.9. The molecule has 12 atom stereocenters. The number of rotatable bonds is 14. The van der Waals surface area contributed by atoms with E-state index in [-0.39, 0.29) is 25.0 Å². The van der Waals surface area contributed by atoms with Crippen LogP contribution in [0, 0.1) is 16.7 Å². The summed E-state index contributed by atoms with van der Waals surface area (Å²) >= 11 is 0. The van der Waals surface area contributed by atoms with Crippen molar-refractivity contribution in [3.05, 3.63) is 82.9 Å². The van der Waals surface area contributed by atoms with Gasteiger partial charge in [-0.2, -0.15) is 0 Å². The zero-order valence-electron chi connectivity index (χ0n) is 46.2. The van der Waals surface area contributed by atoms with Crippen LogP contribution >= 0.6 is 0 Å². The van der Waals surface area contributed by atoms with Crippen LogP contribution in [-0.4, -0.2) is 141 Å². The Bertz CT molecular complexity index is 2400. The summed E-state index contributed by atoms with van der Waals surface area (Å²) in [5.74, 6) is -4.42. The van der Waals surface area contributed by atoms with Gasteiger partial charge in [-0.15, -0.1) is 0 Å². The summed E-state index contributed by atoms with van der Waals surface area (Å²) in [5.41, 5.74) is -5.03. The predicted molar refractivity (Wildman–Crippen MR) is 275 cm³/mol. The minimum absolute atomic E-state index is 0.0718. The molecular formula is C56H82N2O14Si. The van der Waals surface area contributed by atoms with E-state index < -0.39 is 125 Å². The number of fused-ring (bicyclic) bond motifs is 8. The first-order chi connectivity index (χ1) is 33.7. The molecule has 3 aliphatic carbocycles. The number of alkyl carbamates (subject to hydrolysis) is 1. The Morgan fingerprint density at radius 2 is 1.52 bits per heavy atom. The molecule has 0 spiro atoms. The van der Waals surface area contributed by atoms with Gasteiger partial charge in [-0.3, -0.25) is 4.79 Å². The molecule has 2 aromatic carbocycles. The smallest absolute Gasteiger partial charge is 0.408 e. The first-order valence-corrected chi connectivity index (χ1v) is 28.7. The Morgan fingerprint density at radius 3 is 2.07 bits per heavy atom. The Balaban J connectivity index is 1.46. The molecule has 17 heteroatoms. The molecule has 7 rings (SSSR count). The van der Waals surface area contributed by atoms with Crippen LogP contribution in [-0.2, 0) is 51.9 Å². The monoisotopic (exact) mass is 1030 g/mol. The first-order valence-electron chi connectivity index (χ1n) is 25.7. The molecular weight excluding hydrogens is 953 g/mol. The molecule has 4 fully saturated rings. The fraction of sp³-hybridized carbons (Fsp3) is 0.679. The number of carbonyl (C=O) groups is 4. The minimum Gasteiger partial charge on any atom is -0.456 e. The summed E-state index contributed by atoms with van der Waals surface area (Å²) in [7, 11) is 1.03. The second kappa shape index (κ2) is 20.1. The fourth-order valence-electron chi connectivity index (χ4n) is 11.9. The molecule has 404 valence electrons. The number of likely N-dealkylation sites (N-methyl/N-ethyl adjacent to an activating group) is 1. The maximum absolute atomic E-state index is 15.6. The van der Waals surface area contributed by atoms with Crippen molar-refractivity contribution in [1.29, 1.82) is 0 Å². The van der Waals surface area contributed by atoms with Crippen molar-refractivity contribution in [2.24, 2.45) is 16.7 Å². The third-order valence-electron chi connectivity index (χ3n) is 16.6. The average Bonchev–Trinajstić information content (AvgIpc) is 3.59. The topological polar surface area (TPSA) is 187 Å². The molecule has 2 aromatic rings. The number of esters is 3. The van der Waals surface area contributed by atoms with Gasteiger partial charge in [-0.1, -0.05) is 90.1 Å². The molecule has 11 unspecified atom stereocenters. The molecule has 73 heavy (non-hydrogen) atoms. The van der Waals surface area contributed by atoms with Gasteiger partial charge in [0.25, 0.3) is 0 Å². The van der Waals surface area contributed by atoms with Gasteiger partial charge < -0.3 is 57.6 Å². The number of hydrogen-bond acceptors (Lipinski definition) is 15. The van der Waals surface area contributed by atoms with Crippen molar-refractivity contribution in [1.82, 2.24) is 10.2 Å². The van der Waals surface area contributed by atoms with Crippen molar-refractivity contribution in [3.63, 3.8) is 0 Å². The zero-order valence-corrected chi connectivity index (χ0v) is 47.2. The minimum atomic E-state index is -2.87. The van der Waals surface area contributed by atoms with E-state index in [9.17, 15) is 19.5 Å². The lowest BCUT2D eigenvalue weighted by atomic mass is 9.44. The van der Waals surface area contributed by atoms with Gasteiger partial charge in [0.1, 0.15) is 35.6 Å². The standard InChI is InChI=1S/C56H82N2O14Si/c1-33-37(66-48(61)43(72-73(16,17)51(6,7)8)41(35-24-20-18-21-25-35)57-49(62)71-50(3,4)5)31-56(63)46(67-47(60)36-26-22-19-23-27-36)44-54(13,45-42(40(33)52(56,9)10)69-53(11,12)70-45)38(64-29-28-58(14)15)30-39-55(44,32-65-39)68-34(2)59/h18-27,37-39,41-46,63H,28-32H2,1-17H3,(H,57,62)/t37?,38?,39?,41?,42?,43?,44?,45?,46?,54-,55?,56?/m1/s1. The van der Waals surface area contributed by atoms with Crippen LogP contribution in [0.15, 0.2) is 71.8 Å². The summed E-state index contributed by atoms with van der Waals surface area (Å²) in [6, 6.07) is 16.5. The summed E-state index contributed by atoms with van der Waals surface area (Å²) < 4.78 is 60.6. The van der Waals surface area contributed by atoms with E-state index >= 15 is 4.79 Å². The van der Waals surface area contributed by atoms with Gasteiger partial charge in [0.05, 0.1) is 42.9 Å². The van der Waals surface area contributed by atoms with E-state index in [1.165, 1.54) is 6.92 Å². The number of aliphatic hydroxyl groups is 1. The van der Waals surface area contributed by atoms with Gasteiger partial charge in [-0.25, -0.2) is 14.4 Å². The zero-order chi connectivity index (χ0) is 54.1. The number of ether oxygens (including phenoxy) is 8. The van der Waals surface area contributed by atoms with E-state index in [1.807, 2.05) is 91.8 Å². The highest BCUT2D eigenvalue weighted by Crippen LogP contribution is 2.68. The summed E-state index contributed by atoms with van der Waals surface area (Å²) in [5, 5.41) is 17.0. The molecule has 0 aromatic heterocycles. The van der Waals surface area contributed by atoms with Crippen LogP contribution in [0.1, 0.15) is 125 Å². The molecule has 2 saturated carbocycles. The second-order valence-electron chi connectivity index (χ2n) is 24.9. The van der Waals surface area contributed by atoms with E-state index in [1.54, 1.807) is 63.2 Å². The molecule has 1 amide bonds. The molecule has 0 radical (unpaired) electrons. The molecule has 5 aliphatic rings. The van der Waals surface area contributed by atoms with Crippen LogP contribution in [0.25, 0.3) is 0 Å². The molecule has 2 saturated heterocycles. The van der Waals surface area contributed by atoms with Gasteiger partial charge in [0.2, 0.25) is 0 Å². The number of hydrogen-bond donors (Lipinski definition) is 2. The molecule has 2 aliphatic heterocycles. The number of nitrogens with zero attached hydrogens (tertiary/aromatic N) is 1. The normalized spacial score (nSPS) is 32.3. The third-order valence-corrected chi connectivity index (χ3v) is 21.0. The quantitative estimate of drug-likeness (QED) is 0.0794. The average molecular weight is 1040 g/mol. The maximum Gasteiger partial charge on any atom is 0.408 e. The Hall–Kier alpha value is -4.20. The van der Waals surface area contributed by atoms with Crippen molar-refractivity contribution < 1.29 is 66.6 Å². The Kier molecular flexibility index (Phi) is 15.5. The van der Waals surface area contributed by atoms with Gasteiger partial charge in [-0.05, 0) is 103 Å². The van der Waals surface area contributed by atoms with Crippen molar-refractivity contribution >= 4 is 32.3 Å². The van der Waals surface area contributed by atoms with Gasteiger partial charge >= 0.3 is 24.0 Å². The predicted octanol–water partition coefficient (Wildman–Crippen LogP) is 8.47. The lowest BCUT2D eigenvalue weighted by Gasteiger charge is -2.69. The number of benzene rings is 2. The highest BCUT2D eigenvalue weighted by atomic mass is 28.4. The molecule has 2 N–H and O–H groups in total. The fourth-order valence-corrected chi connectivity index (χ4v) is 13.1. The molecule has 2 heterocycles. The van der Waals surface area contributed by atoms with E-state index in [4.69, 9.17) is 42.3 Å². The summed E-state index contributed by atoms with van der Waals surface area (Å²) in [6.45, 7) is 28.9. The van der Waals surface area contributed by atoms with Crippen molar-refractivity contribution in [2.45, 2.75) is 192 Å². The van der Waals surface area contributed by atoms with E-state index in [2.05, 4.69) is 26.1 Å². The molecule has 2 bridgehead atoms. The summed E-state index contributed by atoms with van der Waals surface area (Å²) in [6.07, 6.45) is -8.09. The lowest BCUT2D eigenvalue weighted by Crippen LogP contribution is -2.82. The van der Waals surface area contributed by atoms with E-state index in [0.717, 1.165) is 0 Å². The van der Waals surface area contributed by atoms with Crippen LogP contribution < -0.4 is 5.32 Å². The number of amides is 1. The highest BCUT2D eigenvalue weighted by molar-refractivity contribution is 6.74. The number of nitrogens with one attached hydrogen (secondary N) is 1. The second-order valence-corrected chi connectivity index (χ2v) is 29.6. The first kappa shape index (κ1) is 56.5. The van der Waals surface area contributed by atoms with Crippen LogP contribution in [0.4, 0.5) is 4.79 Å². The van der Waals surface area contributed by atoms with Crippen LogP contribution in [0.3, 0.4) is 0 Å². The number of carbonyl (C=O) groups excluding carboxylic acids is 4. The van der Waals surface area contributed by atoms with E-state index in [0.29, 0.717) is 29.9 Å². The SMILES string of the molecule is CC(=O)OC12COC1CC(OCCN(C)C)[C@@]1(C)C3OC(C)(C)OC3C3=C(C)C(OC(=O)C(O[Si](C)(C)C(C)(C)C)C(NC(=O)OC(C)(C)C)c4ccccc4)CC(O)(C(OC(=O)c4ccccc4)C21)C3(C)C. The highest BCUT2D eigenvalue weighted by Gasteiger charge is 2.79. The Labute approximate surface area is 433 Å².